The highest BCUT2D eigenvalue weighted by Gasteiger charge is 2.14. The molecular weight excluding hydrogens is 296 g/mol. The first-order chi connectivity index (χ1) is 8.49. The summed E-state index contributed by atoms with van der Waals surface area (Å²) in [6.45, 7) is 3.67. The molecule has 0 bridgehead atoms. The van der Waals surface area contributed by atoms with Gasteiger partial charge in [0.05, 0.1) is 22.6 Å². The molecule has 1 amide bonds. The number of nitrogens with two attached hydrogens (primary N) is 1. The molecule has 0 aliphatic heterocycles. The number of carbonyl (C=O) groups is 1. The standard InChI is InChI=1S/C12H13BrN4O/c1-6-11(7(2)17-16-6)15-12(18)9-4-3-8(13)5-10(9)14/h3-5H,14H2,1-2H3,(H,15,18)(H,16,17). The van der Waals surface area contributed by atoms with Gasteiger partial charge in [-0.25, -0.2) is 0 Å². The van der Waals surface area contributed by atoms with Gasteiger partial charge in [-0.3, -0.25) is 9.89 Å². The molecule has 0 unspecified atom stereocenters. The van der Waals surface area contributed by atoms with E-state index in [0.29, 0.717) is 16.9 Å². The Morgan fingerprint density at radius 2 is 2.17 bits per heavy atom. The molecule has 0 saturated carbocycles. The molecule has 5 nitrogen and oxygen atoms in total. The quantitative estimate of drug-likeness (QED) is 0.746. The lowest BCUT2D eigenvalue weighted by Crippen LogP contribution is -2.14. The van der Waals surface area contributed by atoms with Crippen LogP contribution in [0.1, 0.15) is 21.7 Å². The number of hydrogen-bond donors (Lipinski definition) is 3. The number of benzene rings is 1. The normalized spacial score (nSPS) is 10.4. The second kappa shape index (κ2) is 4.81. The molecule has 0 aliphatic carbocycles. The molecule has 0 saturated heterocycles. The van der Waals surface area contributed by atoms with E-state index in [9.17, 15) is 4.79 Å². The molecule has 0 atom stereocenters. The number of nitrogens with one attached hydrogen (secondary N) is 2. The first-order valence-corrected chi connectivity index (χ1v) is 6.16. The second-order valence-electron chi connectivity index (χ2n) is 3.99. The minimum Gasteiger partial charge on any atom is -0.398 e. The van der Waals surface area contributed by atoms with Gasteiger partial charge in [0.15, 0.2) is 0 Å². The van der Waals surface area contributed by atoms with Crippen molar-refractivity contribution in [3.05, 3.63) is 39.6 Å². The first kappa shape index (κ1) is 12.6. The Labute approximate surface area is 113 Å². The summed E-state index contributed by atoms with van der Waals surface area (Å²) in [5, 5.41) is 9.64. The van der Waals surface area contributed by atoms with Crippen LogP contribution in [-0.2, 0) is 0 Å². The first-order valence-electron chi connectivity index (χ1n) is 5.37. The number of hydrogen-bond acceptors (Lipinski definition) is 3. The van der Waals surface area contributed by atoms with Gasteiger partial charge in [-0.15, -0.1) is 0 Å². The molecule has 2 rings (SSSR count). The Morgan fingerprint density at radius 3 is 2.72 bits per heavy atom. The zero-order chi connectivity index (χ0) is 13.3. The molecule has 1 aromatic heterocycles. The minimum absolute atomic E-state index is 0.243. The summed E-state index contributed by atoms with van der Waals surface area (Å²) in [7, 11) is 0. The number of amides is 1. The number of aromatic amines is 1. The van der Waals surface area contributed by atoms with Crippen molar-refractivity contribution in [2.75, 3.05) is 11.1 Å². The van der Waals surface area contributed by atoms with E-state index < -0.39 is 0 Å². The van der Waals surface area contributed by atoms with E-state index >= 15 is 0 Å². The highest BCUT2D eigenvalue weighted by molar-refractivity contribution is 9.10. The van der Waals surface area contributed by atoms with Crippen LogP contribution in [0, 0.1) is 13.8 Å². The Kier molecular flexibility index (Phi) is 3.38. The van der Waals surface area contributed by atoms with Gasteiger partial charge in [-0.2, -0.15) is 5.10 Å². The molecular formula is C12H13BrN4O. The van der Waals surface area contributed by atoms with E-state index in [1.807, 2.05) is 13.8 Å². The molecule has 94 valence electrons. The molecule has 18 heavy (non-hydrogen) atoms. The van der Waals surface area contributed by atoms with E-state index in [4.69, 9.17) is 5.73 Å². The van der Waals surface area contributed by atoms with Gasteiger partial charge in [-0.05, 0) is 32.0 Å². The van der Waals surface area contributed by atoms with E-state index in [-0.39, 0.29) is 5.91 Å². The monoisotopic (exact) mass is 308 g/mol. The maximum Gasteiger partial charge on any atom is 0.257 e. The van der Waals surface area contributed by atoms with E-state index in [1.54, 1.807) is 18.2 Å². The van der Waals surface area contributed by atoms with Crippen molar-refractivity contribution in [1.82, 2.24) is 10.2 Å². The summed E-state index contributed by atoms with van der Waals surface area (Å²) in [5.74, 6) is -0.243. The fraction of sp³-hybridized carbons (Fsp3) is 0.167. The highest BCUT2D eigenvalue weighted by atomic mass is 79.9. The number of nitrogen functional groups attached to an aromatic ring is 1. The molecule has 4 N–H and O–H groups in total. The zero-order valence-corrected chi connectivity index (χ0v) is 11.6. The summed E-state index contributed by atoms with van der Waals surface area (Å²) in [6, 6.07) is 5.16. The predicted molar refractivity (Wildman–Crippen MR) is 74.6 cm³/mol. The molecule has 2 aromatic rings. The second-order valence-corrected chi connectivity index (χ2v) is 4.91. The fourth-order valence-corrected chi connectivity index (χ4v) is 2.04. The zero-order valence-electron chi connectivity index (χ0n) is 10.0. The summed E-state index contributed by atoms with van der Waals surface area (Å²) in [6.07, 6.45) is 0. The smallest absolute Gasteiger partial charge is 0.257 e. The lowest BCUT2D eigenvalue weighted by atomic mass is 10.1. The largest absolute Gasteiger partial charge is 0.398 e. The maximum absolute atomic E-state index is 12.1. The van der Waals surface area contributed by atoms with Crippen molar-refractivity contribution in [2.45, 2.75) is 13.8 Å². The molecule has 0 radical (unpaired) electrons. The fourth-order valence-electron chi connectivity index (χ4n) is 1.66. The minimum atomic E-state index is -0.243. The van der Waals surface area contributed by atoms with Crippen molar-refractivity contribution < 1.29 is 4.79 Å². The van der Waals surface area contributed by atoms with E-state index in [0.717, 1.165) is 15.9 Å². The van der Waals surface area contributed by atoms with Gasteiger partial charge < -0.3 is 11.1 Å². The maximum atomic E-state index is 12.1. The van der Waals surface area contributed by atoms with Crippen LogP contribution >= 0.6 is 15.9 Å². The Morgan fingerprint density at radius 1 is 1.44 bits per heavy atom. The van der Waals surface area contributed by atoms with E-state index in [1.165, 1.54) is 0 Å². The average Bonchev–Trinajstić information content (AvgIpc) is 2.60. The van der Waals surface area contributed by atoms with Gasteiger partial charge in [0.1, 0.15) is 0 Å². The van der Waals surface area contributed by atoms with Crippen molar-refractivity contribution >= 4 is 33.2 Å². The average molecular weight is 309 g/mol. The van der Waals surface area contributed by atoms with Gasteiger partial charge in [0.2, 0.25) is 0 Å². The third kappa shape index (κ3) is 2.38. The van der Waals surface area contributed by atoms with Crippen molar-refractivity contribution in [1.29, 1.82) is 0 Å². The molecule has 0 aliphatic rings. The third-order valence-electron chi connectivity index (χ3n) is 2.62. The SMILES string of the molecule is Cc1n[nH]c(C)c1NC(=O)c1ccc(Br)cc1N. The van der Waals surface area contributed by atoms with Crippen LogP contribution in [0.3, 0.4) is 0 Å². The summed E-state index contributed by atoms with van der Waals surface area (Å²) in [5.41, 5.74) is 8.95. The third-order valence-corrected chi connectivity index (χ3v) is 3.12. The lowest BCUT2D eigenvalue weighted by Gasteiger charge is -2.08. The van der Waals surface area contributed by atoms with Crippen LogP contribution in [0.2, 0.25) is 0 Å². The van der Waals surface area contributed by atoms with Crippen molar-refractivity contribution in [3.63, 3.8) is 0 Å². The van der Waals surface area contributed by atoms with Gasteiger partial charge in [0.25, 0.3) is 5.91 Å². The molecule has 0 fully saturated rings. The number of anilines is 2. The van der Waals surface area contributed by atoms with Crippen LogP contribution in [0.5, 0.6) is 0 Å². The molecule has 1 aromatic carbocycles. The van der Waals surface area contributed by atoms with Crippen LogP contribution in [0.15, 0.2) is 22.7 Å². The number of H-pyrrole nitrogens is 1. The lowest BCUT2D eigenvalue weighted by molar-refractivity contribution is 0.102. The van der Waals surface area contributed by atoms with Crippen LogP contribution in [-0.4, -0.2) is 16.1 Å². The Balaban J connectivity index is 2.28. The summed E-state index contributed by atoms with van der Waals surface area (Å²) in [4.78, 5) is 12.1. The number of carbonyl (C=O) groups excluding carboxylic acids is 1. The Hall–Kier alpha value is -1.82. The van der Waals surface area contributed by atoms with Gasteiger partial charge in [0, 0.05) is 10.2 Å². The summed E-state index contributed by atoms with van der Waals surface area (Å²) >= 11 is 3.30. The number of aryl methyl sites for hydroxylation is 2. The molecule has 6 heteroatoms. The predicted octanol–water partition coefficient (Wildman–Crippen LogP) is 2.62. The number of halogens is 1. The Bertz CT molecular complexity index is 587. The van der Waals surface area contributed by atoms with Crippen LogP contribution < -0.4 is 11.1 Å². The van der Waals surface area contributed by atoms with Crippen LogP contribution in [0.25, 0.3) is 0 Å². The number of nitrogens with zero attached hydrogens (tertiary/aromatic N) is 1. The van der Waals surface area contributed by atoms with Gasteiger partial charge in [-0.1, -0.05) is 15.9 Å². The topological polar surface area (TPSA) is 83.8 Å². The van der Waals surface area contributed by atoms with Gasteiger partial charge >= 0.3 is 0 Å². The highest BCUT2D eigenvalue weighted by Crippen LogP contribution is 2.21. The van der Waals surface area contributed by atoms with Crippen molar-refractivity contribution in [3.8, 4) is 0 Å². The molecule has 1 heterocycles. The van der Waals surface area contributed by atoms with Crippen molar-refractivity contribution in [2.24, 2.45) is 0 Å². The summed E-state index contributed by atoms with van der Waals surface area (Å²) < 4.78 is 0.840. The number of aromatic nitrogens is 2. The number of rotatable bonds is 2. The van der Waals surface area contributed by atoms with Crippen LogP contribution in [0.4, 0.5) is 11.4 Å². The molecule has 0 spiro atoms. The van der Waals surface area contributed by atoms with E-state index in [2.05, 4.69) is 31.4 Å².